The molecule has 2 heterocycles. The second-order valence-corrected chi connectivity index (χ2v) is 7.58. The van der Waals surface area contributed by atoms with Crippen molar-refractivity contribution in [3.63, 3.8) is 0 Å². The van der Waals surface area contributed by atoms with Gasteiger partial charge in [0, 0.05) is 53.1 Å². The van der Waals surface area contributed by atoms with Crippen molar-refractivity contribution in [3.8, 4) is 0 Å². The van der Waals surface area contributed by atoms with Crippen molar-refractivity contribution in [2.45, 2.75) is 39.2 Å². The van der Waals surface area contributed by atoms with Crippen molar-refractivity contribution in [3.05, 3.63) is 18.0 Å². The van der Waals surface area contributed by atoms with Gasteiger partial charge >= 0.3 is 5.97 Å². The first kappa shape index (κ1) is 28.1. The minimum atomic E-state index is -0.359. The van der Waals surface area contributed by atoms with Crippen molar-refractivity contribution in [2.75, 3.05) is 60.1 Å². The van der Waals surface area contributed by atoms with Crippen LogP contribution in [-0.2, 0) is 14.3 Å². The first-order chi connectivity index (χ1) is 15.0. The Morgan fingerprint density at radius 1 is 1.31 bits per heavy atom. The Balaban J connectivity index is 0.00000512. The van der Waals surface area contributed by atoms with Crippen LogP contribution in [-0.4, -0.2) is 97.5 Å². The summed E-state index contributed by atoms with van der Waals surface area (Å²) >= 11 is 0. The van der Waals surface area contributed by atoms with E-state index in [-0.39, 0.29) is 48.4 Å². The molecule has 1 N–H and O–H groups in total. The van der Waals surface area contributed by atoms with E-state index < -0.39 is 0 Å². The Kier molecular flexibility index (Phi) is 13.2. The van der Waals surface area contributed by atoms with E-state index in [4.69, 9.17) is 9.47 Å². The van der Waals surface area contributed by atoms with Crippen LogP contribution in [0.2, 0.25) is 0 Å². The summed E-state index contributed by atoms with van der Waals surface area (Å²) in [5.41, 5.74) is 0.457. The van der Waals surface area contributed by atoms with Crippen LogP contribution in [0, 0.1) is 0 Å². The van der Waals surface area contributed by atoms with Crippen LogP contribution in [0.1, 0.15) is 49.5 Å². The van der Waals surface area contributed by atoms with E-state index in [9.17, 15) is 9.59 Å². The molecule has 1 saturated heterocycles. The highest BCUT2D eigenvalue weighted by molar-refractivity contribution is 14.0. The van der Waals surface area contributed by atoms with Gasteiger partial charge in [0.05, 0.1) is 24.4 Å². The molecule has 1 aromatic rings. The number of carbonyl (C=O) groups excluding carboxylic acids is 2. The van der Waals surface area contributed by atoms with Gasteiger partial charge < -0.3 is 24.6 Å². The molecule has 1 amide bonds. The first-order valence-corrected chi connectivity index (χ1v) is 11.0. The molecule has 1 aliphatic rings. The minimum Gasteiger partial charge on any atom is -0.462 e. The predicted octanol–water partition coefficient (Wildman–Crippen LogP) is 1.78. The number of rotatable bonds is 10. The number of ether oxygens (including phenoxy) is 2. The third kappa shape index (κ3) is 8.93. The highest BCUT2D eigenvalue weighted by atomic mass is 127. The number of nitrogens with one attached hydrogen (secondary N) is 1. The molecule has 11 heteroatoms. The fraction of sp³-hybridized carbons (Fsp3) is 0.714. The van der Waals surface area contributed by atoms with Gasteiger partial charge in [-0.3, -0.25) is 9.48 Å². The van der Waals surface area contributed by atoms with Crippen LogP contribution in [0.3, 0.4) is 0 Å². The third-order valence-electron chi connectivity index (χ3n) is 5.00. The summed E-state index contributed by atoms with van der Waals surface area (Å²) in [6, 6.07) is 0.108. The Morgan fingerprint density at radius 2 is 2.09 bits per heavy atom. The van der Waals surface area contributed by atoms with Crippen LogP contribution in [0.4, 0.5) is 0 Å². The lowest BCUT2D eigenvalue weighted by atomic mass is 10.1. The number of esters is 1. The quantitative estimate of drug-likeness (QED) is 0.152. The maximum atomic E-state index is 12.0. The number of amides is 1. The molecule has 1 atom stereocenters. The average molecular weight is 564 g/mol. The lowest BCUT2D eigenvalue weighted by Crippen LogP contribution is -2.48. The van der Waals surface area contributed by atoms with Crippen molar-refractivity contribution in [1.29, 1.82) is 0 Å². The zero-order valence-electron chi connectivity index (χ0n) is 19.6. The molecule has 0 bridgehead atoms. The van der Waals surface area contributed by atoms with Crippen molar-refractivity contribution in [1.82, 2.24) is 24.9 Å². The smallest absolute Gasteiger partial charge is 0.341 e. The first-order valence-electron chi connectivity index (χ1n) is 11.0. The number of aliphatic imine (C=N–C) groups is 1. The molecule has 1 aromatic heterocycles. The fourth-order valence-electron chi connectivity index (χ4n) is 3.29. The standard InChI is InChI=1S/C21H36N6O4.HI/c1-5-30-12-8-10-22-21(23-14-19(28)25(3)4)26-11-7-9-18(16-26)27-15-17(13-24-27)20(29)31-6-2;/h13,15,18H,5-12,14,16H2,1-4H3,(H,22,23);1H. The summed E-state index contributed by atoms with van der Waals surface area (Å²) in [4.78, 5) is 32.3. The van der Waals surface area contributed by atoms with Crippen molar-refractivity contribution >= 4 is 41.8 Å². The number of likely N-dealkylation sites (N-methyl/N-ethyl adjacent to an activating group) is 1. The summed E-state index contributed by atoms with van der Waals surface area (Å²) in [6.45, 7) is 7.81. The molecule has 1 aliphatic heterocycles. The number of likely N-dealkylation sites (tertiary alicyclic amines) is 1. The maximum Gasteiger partial charge on any atom is 0.341 e. The van der Waals surface area contributed by atoms with Gasteiger partial charge in [-0.1, -0.05) is 0 Å². The van der Waals surface area contributed by atoms with E-state index in [0.29, 0.717) is 44.4 Å². The number of hydrogen-bond acceptors (Lipinski definition) is 6. The summed E-state index contributed by atoms with van der Waals surface area (Å²) in [5, 5.41) is 7.76. The van der Waals surface area contributed by atoms with E-state index in [1.165, 1.54) is 4.90 Å². The Bertz CT molecular complexity index is 740. The molecule has 0 spiro atoms. The lowest BCUT2D eigenvalue weighted by molar-refractivity contribution is -0.127. The van der Waals surface area contributed by atoms with E-state index in [1.807, 2.05) is 11.6 Å². The van der Waals surface area contributed by atoms with Crippen LogP contribution >= 0.6 is 24.0 Å². The number of piperidine rings is 1. The second kappa shape index (κ2) is 15.0. The average Bonchev–Trinajstić information content (AvgIpc) is 3.26. The summed E-state index contributed by atoms with van der Waals surface area (Å²) in [7, 11) is 3.45. The van der Waals surface area contributed by atoms with Gasteiger partial charge in [-0.25, -0.2) is 9.79 Å². The monoisotopic (exact) mass is 564 g/mol. The van der Waals surface area contributed by atoms with E-state index in [2.05, 4.69) is 20.3 Å². The Morgan fingerprint density at radius 3 is 2.78 bits per heavy atom. The molecule has 0 radical (unpaired) electrons. The molecular weight excluding hydrogens is 527 g/mol. The van der Waals surface area contributed by atoms with Gasteiger partial charge in [0.15, 0.2) is 5.96 Å². The molecular formula is C21H37IN6O4. The van der Waals surface area contributed by atoms with Gasteiger partial charge in [-0.15, -0.1) is 24.0 Å². The SMILES string of the molecule is CCOCCCNC(=NCC(=O)N(C)C)N1CCCC(n2cc(C(=O)OCC)cn2)C1.I. The number of carbonyl (C=O) groups is 2. The third-order valence-corrected chi connectivity index (χ3v) is 5.00. The molecule has 2 rings (SSSR count). The van der Waals surface area contributed by atoms with Gasteiger partial charge in [0.2, 0.25) is 5.91 Å². The predicted molar refractivity (Wildman–Crippen MR) is 134 cm³/mol. The number of hydrogen-bond donors (Lipinski definition) is 1. The maximum absolute atomic E-state index is 12.0. The molecule has 1 unspecified atom stereocenters. The largest absolute Gasteiger partial charge is 0.462 e. The zero-order chi connectivity index (χ0) is 22.6. The minimum absolute atomic E-state index is 0. The van der Waals surface area contributed by atoms with E-state index >= 15 is 0 Å². The molecule has 0 saturated carbocycles. The normalized spacial score (nSPS) is 16.3. The Labute approximate surface area is 207 Å². The number of aromatic nitrogens is 2. The summed E-state index contributed by atoms with van der Waals surface area (Å²) in [6.07, 6.45) is 6.06. The molecule has 1 fully saturated rings. The van der Waals surface area contributed by atoms with Gasteiger partial charge in [-0.05, 0) is 33.1 Å². The van der Waals surface area contributed by atoms with Crippen molar-refractivity contribution < 1.29 is 19.1 Å². The number of nitrogens with zero attached hydrogens (tertiary/aromatic N) is 5. The topological polar surface area (TPSA) is 101 Å². The molecule has 32 heavy (non-hydrogen) atoms. The van der Waals surface area contributed by atoms with Gasteiger partial charge in [-0.2, -0.15) is 5.10 Å². The van der Waals surface area contributed by atoms with E-state index in [1.54, 1.807) is 33.4 Å². The van der Waals surface area contributed by atoms with Gasteiger partial charge in [0.1, 0.15) is 6.54 Å². The van der Waals surface area contributed by atoms with Crippen LogP contribution in [0.25, 0.3) is 0 Å². The fourth-order valence-corrected chi connectivity index (χ4v) is 3.29. The number of guanidine groups is 1. The number of halogens is 1. The highest BCUT2D eigenvalue weighted by Gasteiger charge is 2.25. The second-order valence-electron chi connectivity index (χ2n) is 7.58. The van der Waals surface area contributed by atoms with Crippen LogP contribution in [0.5, 0.6) is 0 Å². The molecule has 0 aliphatic carbocycles. The van der Waals surface area contributed by atoms with E-state index in [0.717, 1.165) is 25.8 Å². The van der Waals surface area contributed by atoms with Crippen molar-refractivity contribution in [2.24, 2.45) is 4.99 Å². The summed E-state index contributed by atoms with van der Waals surface area (Å²) in [5.74, 6) is 0.310. The molecule has 182 valence electrons. The lowest BCUT2D eigenvalue weighted by Gasteiger charge is -2.35. The van der Waals surface area contributed by atoms with Crippen LogP contribution in [0.15, 0.2) is 17.4 Å². The molecule has 10 nitrogen and oxygen atoms in total. The zero-order valence-corrected chi connectivity index (χ0v) is 21.9. The Hall–Kier alpha value is -1.89. The van der Waals surface area contributed by atoms with Gasteiger partial charge in [0.25, 0.3) is 0 Å². The molecule has 0 aromatic carbocycles. The highest BCUT2D eigenvalue weighted by Crippen LogP contribution is 2.21. The van der Waals surface area contributed by atoms with Crippen LogP contribution < -0.4 is 5.32 Å². The summed E-state index contributed by atoms with van der Waals surface area (Å²) < 4.78 is 12.3.